The predicted octanol–water partition coefficient (Wildman–Crippen LogP) is 4.89. The number of fused-ring (bicyclic) bond motifs is 1. The Morgan fingerprint density at radius 1 is 0.778 bits per heavy atom. The third kappa shape index (κ3) is 2.99. The molecule has 0 saturated heterocycles. The fraction of sp³-hybridized carbons (Fsp3) is 0.136. The number of halogens is 3. The van der Waals surface area contributed by atoms with Crippen LogP contribution in [0.15, 0.2) is 66.7 Å². The van der Waals surface area contributed by atoms with Gasteiger partial charge < -0.3 is 4.90 Å². The second-order valence-electron chi connectivity index (χ2n) is 6.47. The van der Waals surface area contributed by atoms with Crippen LogP contribution < -0.4 is 0 Å². The van der Waals surface area contributed by atoms with Crippen molar-refractivity contribution in [1.29, 1.82) is 0 Å². The minimum Gasteiger partial charge on any atom is -0.327 e. The number of hydrogen-bond acceptors (Lipinski definition) is 1. The van der Waals surface area contributed by atoms with Crippen molar-refractivity contribution in [2.75, 3.05) is 6.54 Å². The minimum atomic E-state index is -0.925. The van der Waals surface area contributed by atoms with Crippen LogP contribution in [0.1, 0.15) is 33.1 Å². The summed E-state index contributed by atoms with van der Waals surface area (Å²) in [5.41, 5.74) is 1.44. The molecule has 0 fully saturated rings. The molecule has 1 aliphatic heterocycles. The van der Waals surface area contributed by atoms with E-state index in [1.807, 2.05) is 24.3 Å². The van der Waals surface area contributed by atoms with Gasteiger partial charge in [-0.25, -0.2) is 13.2 Å². The highest BCUT2D eigenvalue weighted by molar-refractivity contribution is 5.95. The maximum atomic E-state index is 14.6. The van der Waals surface area contributed by atoms with Gasteiger partial charge in [0.15, 0.2) is 0 Å². The van der Waals surface area contributed by atoms with E-state index < -0.39 is 35.0 Å². The highest BCUT2D eigenvalue weighted by atomic mass is 19.1. The molecule has 5 heteroatoms. The summed E-state index contributed by atoms with van der Waals surface area (Å²) in [5, 5.41) is 0. The number of nitrogens with zero attached hydrogens (tertiary/aromatic N) is 1. The van der Waals surface area contributed by atoms with E-state index in [2.05, 4.69) is 0 Å². The molecular weight excluding hydrogens is 351 g/mol. The Kier molecular flexibility index (Phi) is 4.44. The molecule has 2 nitrogen and oxygen atoms in total. The van der Waals surface area contributed by atoms with E-state index in [9.17, 15) is 18.0 Å². The standard InChI is InChI=1S/C22H16F3NO/c23-17-9-4-3-8-16(17)21-15-7-2-1-6-14(15)12-13-26(21)22(27)20-18(24)10-5-11-19(20)25/h1-11,21H,12-13H2. The van der Waals surface area contributed by atoms with Crippen LogP contribution in [0.25, 0.3) is 0 Å². The van der Waals surface area contributed by atoms with E-state index >= 15 is 0 Å². The lowest BCUT2D eigenvalue weighted by atomic mass is 9.87. The summed E-state index contributed by atoms with van der Waals surface area (Å²) in [4.78, 5) is 14.4. The van der Waals surface area contributed by atoms with Crippen molar-refractivity contribution in [2.24, 2.45) is 0 Å². The third-order valence-corrected chi connectivity index (χ3v) is 4.92. The molecule has 1 heterocycles. The second-order valence-corrected chi connectivity index (χ2v) is 6.47. The molecule has 0 saturated carbocycles. The number of carbonyl (C=O) groups is 1. The molecule has 27 heavy (non-hydrogen) atoms. The lowest BCUT2D eigenvalue weighted by Gasteiger charge is -2.38. The van der Waals surface area contributed by atoms with Gasteiger partial charge in [-0.15, -0.1) is 0 Å². The van der Waals surface area contributed by atoms with E-state index in [0.717, 1.165) is 23.3 Å². The first-order valence-corrected chi connectivity index (χ1v) is 8.65. The lowest BCUT2D eigenvalue weighted by molar-refractivity contribution is 0.0682. The van der Waals surface area contributed by atoms with E-state index in [4.69, 9.17) is 0 Å². The van der Waals surface area contributed by atoms with Crippen molar-refractivity contribution in [2.45, 2.75) is 12.5 Å². The Morgan fingerprint density at radius 2 is 1.37 bits per heavy atom. The van der Waals surface area contributed by atoms with Gasteiger partial charge in [0.2, 0.25) is 0 Å². The molecule has 0 bridgehead atoms. The summed E-state index contributed by atoms with van der Waals surface area (Å²) in [6, 6.07) is 16.2. The number of rotatable bonds is 2. The van der Waals surface area contributed by atoms with Gasteiger partial charge in [0.05, 0.1) is 6.04 Å². The van der Waals surface area contributed by atoms with Gasteiger partial charge in [-0.3, -0.25) is 4.79 Å². The fourth-order valence-electron chi connectivity index (χ4n) is 3.66. The minimum absolute atomic E-state index is 0.239. The number of carbonyl (C=O) groups excluding carboxylic acids is 1. The first-order valence-electron chi connectivity index (χ1n) is 8.65. The Hall–Kier alpha value is -3.08. The first kappa shape index (κ1) is 17.3. The van der Waals surface area contributed by atoms with Crippen molar-refractivity contribution < 1.29 is 18.0 Å². The molecule has 4 rings (SSSR count). The van der Waals surface area contributed by atoms with Gasteiger partial charge in [0.1, 0.15) is 23.0 Å². The van der Waals surface area contributed by atoms with Crippen LogP contribution in [0.5, 0.6) is 0 Å². The maximum absolute atomic E-state index is 14.6. The first-order chi connectivity index (χ1) is 13.1. The molecule has 0 aromatic heterocycles. The molecule has 1 amide bonds. The summed E-state index contributed by atoms with van der Waals surface area (Å²) in [7, 11) is 0. The largest absolute Gasteiger partial charge is 0.327 e. The third-order valence-electron chi connectivity index (χ3n) is 4.92. The number of benzene rings is 3. The van der Waals surface area contributed by atoms with Gasteiger partial charge in [-0.05, 0) is 35.7 Å². The van der Waals surface area contributed by atoms with E-state index in [1.54, 1.807) is 18.2 Å². The Morgan fingerprint density at radius 3 is 2.07 bits per heavy atom. The smallest absolute Gasteiger partial charge is 0.260 e. The zero-order valence-electron chi connectivity index (χ0n) is 14.3. The van der Waals surface area contributed by atoms with Crippen molar-refractivity contribution in [3.05, 3.63) is 106 Å². The van der Waals surface area contributed by atoms with Crippen LogP contribution in [-0.4, -0.2) is 17.4 Å². The van der Waals surface area contributed by atoms with Gasteiger partial charge >= 0.3 is 0 Å². The Balaban J connectivity index is 1.87. The van der Waals surface area contributed by atoms with Crippen molar-refractivity contribution in [3.63, 3.8) is 0 Å². The van der Waals surface area contributed by atoms with E-state index in [1.165, 1.54) is 17.0 Å². The summed E-state index contributed by atoms with van der Waals surface area (Å²) in [6.45, 7) is 0.239. The highest BCUT2D eigenvalue weighted by Crippen LogP contribution is 2.37. The van der Waals surface area contributed by atoms with Gasteiger partial charge in [-0.2, -0.15) is 0 Å². The summed E-state index contributed by atoms with van der Waals surface area (Å²) < 4.78 is 43.0. The SMILES string of the molecule is O=C(c1c(F)cccc1F)N1CCc2ccccc2C1c1ccccc1F. The summed E-state index contributed by atoms with van der Waals surface area (Å²) in [6.07, 6.45) is 0.531. The van der Waals surface area contributed by atoms with Crippen LogP contribution in [0.2, 0.25) is 0 Å². The molecule has 1 atom stereocenters. The lowest BCUT2D eigenvalue weighted by Crippen LogP contribution is -2.41. The average Bonchev–Trinajstić information content (AvgIpc) is 2.67. The van der Waals surface area contributed by atoms with Gasteiger partial charge in [0.25, 0.3) is 5.91 Å². The average molecular weight is 367 g/mol. The number of amides is 1. The zero-order valence-corrected chi connectivity index (χ0v) is 14.3. The van der Waals surface area contributed by atoms with Crippen LogP contribution >= 0.6 is 0 Å². The topological polar surface area (TPSA) is 20.3 Å². The van der Waals surface area contributed by atoms with Crippen LogP contribution in [0.3, 0.4) is 0 Å². The highest BCUT2D eigenvalue weighted by Gasteiger charge is 2.35. The molecule has 136 valence electrons. The van der Waals surface area contributed by atoms with Crippen molar-refractivity contribution in [1.82, 2.24) is 4.90 Å². The monoisotopic (exact) mass is 367 g/mol. The molecule has 1 unspecified atom stereocenters. The zero-order chi connectivity index (χ0) is 19.0. The van der Waals surface area contributed by atoms with E-state index in [-0.39, 0.29) is 6.54 Å². The molecule has 0 spiro atoms. The maximum Gasteiger partial charge on any atom is 0.260 e. The van der Waals surface area contributed by atoms with Gasteiger partial charge in [0, 0.05) is 12.1 Å². The molecule has 0 radical (unpaired) electrons. The Labute approximate surface area is 154 Å². The molecule has 3 aromatic rings. The second kappa shape index (κ2) is 6.91. The number of hydrogen-bond donors (Lipinski definition) is 0. The molecule has 0 aliphatic carbocycles. The van der Waals surface area contributed by atoms with Crippen molar-refractivity contribution in [3.8, 4) is 0 Å². The normalized spacial score (nSPS) is 16.1. The molecule has 3 aromatic carbocycles. The summed E-state index contributed by atoms with van der Waals surface area (Å²) in [5.74, 6) is -3.10. The molecule has 1 aliphatic rings. The van der Waals surface area contributed by atoms with Crippen LogP contribution in [0, 0.1) is 17.5 Å². The van der Waals surface area contributed by atoms with Crippen molar-refractivity contribution >= 4 is 5.91 Å². The summed E-state index contributed by atoms with van der Waals surface area (Å²) >= 11 is 0. The van der Waals surface area contributed by atoms with E-state index in [0.29, 0.717) is 12.0 Å². The molecule has 0 N–H and O–H groups in total. The Bertz CT molecular complexity index is 998. The predicted molar refractivity (Wildman–Crippen MR) is 95.8 cm³/mol. The molecular formula is C22H16F3NO. The fourth-order valence-corrected chi connectivity index (χ4v) is 3.66. The van der Waals surface area contributed by atoms with Gasteiger partial charge in [-0.1, -0.05) is 48.5 Å². The van der Waals surface area contributed by atoms with Crippen LogP contribution in [-0.2, 0) is 6.42 Å². The van der Waals surface area contributed by atoms with Crippen LogP contribution in [0.4, 0.5) is 13.2 Å². The quantitative estimate of drug-likeness (QED) is 0.631.